The van der Waals surface area contributed by atoms with Gasteiger partial charge in [0.15, 0.2) is 11.3 Å². The first kappa shape index (κ1) is 19.8. The Morgan fingerprint density at radius 3 is 2.48 bits per heavy atom. The molecular formula is C16H19N3O6. The molecular weight excluding hydrogens is 330 g/mol. The van der Waals surface area contributed by atoms with E-state index in [2.05, 4.69) is 0 Å². The maximum atomic E-state index is 12.4. The lowest BCUT2D eigenvalue weighted by Crippen LogP contribution is -2.33. The molecule has 1 aromatic carbocycles. The number of nitro benzene ring substituents is 1. The second-order valence-electron chi connectivity index (χ2n) is 5.19. The lowest BCUT2D eigenvalue weighted by molar-refractivity contribution is -0.386. The van der Waals surface area contributed by atoms with Gasteiger partial charge in [-0.15, -0.1) is 0 Å². The maximum Gasteiger partial charge on any atom is 0.315 e. The summed E-state index contributed by atoms with van der Waals surface area (Å²) < 4.78 is 0. The molecule has 0 bridgehead atoms. The van der Waals surface area contributed by atoms with E-state index in [4.69, 9.17) is 0 Å². The molecule has 25 heavy (non-hydrogen) atoms. The van der Waals surface area contributed by atoms with E-state index in [1.165, 1.54) is 4.90 Å². The summed E-state index contributed by atoms with van der Waals surface area (Å²) in [5.41, 5.74) is -1.78. The molecule has 0 aromatic heterocycles. The highest BCUT2D eigenvalue weighted by atomic mass is 16.6. The number of carbonyl (C=O) groups excluding carboxylic acids is 1. The molecule has 0 aliphatic heterocycles. The summed E-state index contributed by atoms with van der Waals surface area (Å²) in [4.78, 5) is 23.7. The Morgan fingerprint density at radius 2 is 2.00 bits per heavy atom. The van der Waals surface area contributed by atoms with Gasteiger partial charge in [-0.05, 0) is 19.4 Å². The molecule has 0 atom stereocenters. The number of amides is 1. The number of nitriles is 1. The van der Waals surface area contributed by atoms with Gasteiger partial charge in [-0.3, -0.25) is 14.9 Å². The largest absolute Gasteiger partial charge is 0.506 e. The van der Waals surface area contributed by atoms with Crippen LogP contribution in [0, 0.1) is 21.4 Å². The Kier molecular flexibility index (Phi) is 6.75. The molecule has 0 aliphatic rings. The molecule has 0 aliphatic carbocycles. The van der Waals surface area contributed by atoms with Gasteiger partial charge in [0.2, 0.25) is 5.75 Å². The van der Waals surface area contributed by atoms with Gasteiger partial charge in [0, 0.05) is 24.7 Å². The summed E-state index contributed by atoms with van der Waals surface area (Å²) >= 11 is 0. The number of benzene rings is 1. The Morgan fingerprint density at radius 1 is 1.36 bits per heavy atom. The first-order valence-corrected chi connectivity index (χ1v) is 7.61. The molecule has 9 nitrogen and oxygen atoms in total. The van der Waals surface area contributed by atoms with Gasteiger partial charge in [0.05, 0.1) is 4.92 Å². The van der Waals surface area contributed by atoms with Crippen molar-refractivity contribution in [3.8, 4) is 17.6 Å². The number of aliphatic hydroxyl groups excluding tert-OH is 1. The third kappa shape index (κ3) is 4.38. The second kappa shape index (κ2) is 8.54. The van der Waals surface area contributed by atoms with Crippen molar-refractivity contribution in [3.63, 3.8) is 0 Å². The number of aliphatic hydroxyl groups is 1. The zero-order chi connectivity index (χ0) is 19.1. The topological polar surface area (TPSA) is 148 Å². The summed E-state index contributed by atoms with van der Waals surface area (Å²) in [6, 6.07) is 3.21. The molecule has 1 aromatic rings. The highest BCUT2D eigenvalue weighted by Gasteiger charge is 2.25. The number of nitro groups is 1. The van der Waals surface area contributed by atoms with Crippen molar-refractivity contribution >= 4 is 17.4 Å². The normalized spacial score (nSPS) is 11.4. The van der Waals surface area contributed by atoms with E-state index in [-0.39, 0.29) is 5.56 Å². The van der Waals surface area contributed by atoms with Gasteiger partial charge >= 0.3 is 5.69 Å². The van der Waals surface area contributed by atoms with Crippen LogP contribution in [0.5, 0.6) is 11.5 Å². The van der Waals surface area contributed by atoms with E-state index in [0.717, 1.165) is 18.6 Å². The molecule has 0 spiro atoms. The van der Waals surface area contributed by atoms with Crippen LogP contribution in [0.3, 0.4) is 0 Å². The molecule has 9 heteroatoms. The fraction of sp³-hybridized carbons (Fsp3) is 0.375. The Balaban J connectivity index is 3.40. The minimum Gasteiger partial charge on any atom is -0.506 e. The van der Waals surface area contributed by atoms with Crippen LogP contribution in [-0.2, 0) is 4.79 Å². The van der Waals surface area contributed by atoms with E-state index in [1.54, 1.807) is 13.0 Å². The van der Waals surface area contributed by atoms with Crippen LogP contribution in [0.25, 0.3) is 5.76 Å². The SMILES string of the molecule is CCCCN(CC)C(=O)/C(C#N)=C(\O)c1cc(O)c(O)c([N+](=O)[O-])c1. The second-order valence-corrected chi connectivity index (χ2v) is 5.19. The van der Waals surface area contributed by atoms with Crippen molar-refractivity contribution in [2.24, 2.45) is 0 Å². The van der Waals surface area contributed by atoms with Crippen LogP contribution in [-0.4, -0.2) is 44.1 Å². The first-order chi connectivity index (χ1) is 11.8. The van der Waals surface area contributed by atoms with E-state index in [0.29, 0.717) is 19.5 Å². The maximum absolute atomic E-state index is 12.4. The number of hydrogen-bond acceptors (Lipinski definition) is 7. The smallest absolute Gasteiger partial charge is 0.315 e. The summed E-state index contributed by atoms with van der Waals surface area (Å²) in [6.07, 6.45) is 1.55. The van der Waals surface area contributed by atoms with Crippen LogP contribution in [0.15, 0.2) is 17.7 Å². The minimum atomic E-state index is -0.968. The highest BCUT2D eigenvalue weighted by Crippen LogP contribution is 2.38. The minimum absolute atomic E-state index is 0.318. The summed E-state index contributed by atoms with van der Waals surface area (Å²) in [6.45, 7) is 4.37. The number of nitrogens with zero attached hydrogens (tertiary/aromatic N) is 3. The molecule has 0 unspecified atom stereocenters. The van der Waals surface area contributed by atoms with Crippen molar-refractivity contribution < 1.29 is 25.0 Å². The Hall–Kier alpha value is -3.28. The average molecular weight is 349 g/mol. The van der Waals surface area contributed by atoms with Crippen molar-refractivity contribution in [1.82, 2.24) is 4.90 Å². The predicted octanol–water partition coefficient (Wildman–Crippen LogP) is 2.45. The molecule has 134 valence electrons. The van der Waals surface area contributed by atoms with Gasteiger partial charge in [0.25, 0.3) is 5.91 Å². The van der Waals surface area contributed by atoms with Crippen LogP contribution in [0.4, 0.5) is 5.69 Å². The Bertz CT molecular complexity index is 751. The fourth-order valence-corrected chi connectivity index (χ4v) is 2.14. The van der Waals surface area contributed by atoms with Gasteiger partial charge in [0.1, 0.15) is 11.8 Å². The molecule has 0 saturated carbocycles. The third-order valence-electron chi connectivity index (χ3n) is 3.55. The number of phenolic OH excluding ortho intramolecular Hbond substituents is 2. The van der Waals surface area contributed by atoms with Crippen molar-refractivity contribution in [1.29, 1.82) is 5.26 Å². The van der Waals surface area contributed by atoms with Crippen molar-refractivity contribution in [2.45, 2.75) is 26.7 Å². The van der Waals surface area contributed by atoms with E-state index in [9.17, 15) is 35.5 Å². The molecule has 1 amide bonds. The van der Waals surface area contributed by atoms with E-state index in [1.807, 2.05) is 6.92 Å². The number of hydrogen-bond donors (Lipinski definition) is 3. The quantitative estimate of drug-likeness (QED) is 0.171. The summed E-state index contributed by atoms with van der Waals surface area (Å²) in [5, 5.41) is 49.4. The zero-order valence-corrected chi connectivity index (χ0v) is 13.9. The Labute approximate surface area is 144 Å². The fourth-order valence-electron chi connectivity index (χ4n) is 2.14. The molecule has 1 rings (SSSR count). The van der Waals surface area contributed by atoms with E-state index >= 15 is 0 Å². The lowest BCUT2D eigenvalue weighted by atomic mass is 10.1. The molecule has 3 N–H and O–H groups in total. The number of likely N-dealkylation sites (N-methyl/N-ethyl adjacent to an activating group) is 1. The van der Waals surface area contributed by atoms with Crippen molar-refractivity contribution in [3.05, 3.63) is 33.4 Å². The number of carbonyl (C=O) groups is 1. The van der Waals surface area contributed by atoms with Gasteiger partial charge in [-0.1, -0.05) is 13.3 Å². The van der Waals surface area contributed by atoms with Crippen LogP contribution in [0.2, 0.25) is 0 Å². The molecule has 0 saturated heterocycles. The number of aromatic hydroxyl groups is 2. The molecule has 0 radical (unpaired) electrons. The molecule has 0 heterocycles. The van der Waals surface area contributed by atoms with Crippen LogP contribution < -0.4 is 0 Å². The monoisotopic (exact) mass is 349 g/mol. The van der Waals surface area contributed by atoms with Crippen molar-refractivity contribution in [2.75, 3.05) is 13.1 Å². The summed E-state index contributed by atoms with van der Waals surface area (Å²) in [7, 11) is 0. The molecule has 0 fully saturated rings. The summed E-state index contributed by atoms with van der Waals surface area (Å²) in [5.74, 6) is -3.34. The van der Waals surface area contributed by atoms with Gasteiger partial charge in [-0.2, -0.15) is 5.26 Å². The number of rotatable bonds is 7. The van der Waals surface area contributed by atoms with Crippen LogP contribution in [0.1, 0.15) is 32.3 Å². The standard InChI is InChI=1S/C16H19N3O6/c1-3-5-6-18(4-2)16(23)11(9-17)14(21)10-7-12(19(24)25)15(22)13(20)8-10/h7-8,20-22H,3-6H2,1-2H3/b14-11-. The predicted molar refractivity (Wildman–Crippen MR) is 88.7 cm³/mol. The zero-order valence-electron chi connectivity index (χ0n) is 13.9. The van der Waals surface area contributed by atoms with E-state index < -0.39 is 39.3 Å². The van der Waals surface area contributed by atoms with Gasteiger partial charge < -0.3 is 20.2 Å². The third-order valence-corrected chi connectivity index (χ3v) is 3.55. The first-order valence-electron chi connectivity index (χ1n) is 7.61. The number of unbranched alkanes of at least 4 members (excludes halogenated alkanes) is 1. The van der Waals surface area contributed by atoms with Crippen LogP contribution >= 0.6 is 0 Å². The lowest BCUT2D eigenvalue weighted by Gasteiger charge is -2.20. The number of phenols is 2. The van der Waals surface area contributed by atoms with Gasteiger partial charge in [-0.25, -0.2) is 0 Å². The highest BCUT2D eigenvalue weighted by molar-refractivity contribution is 6.03. The average Bonchev–Trinajstić information content (AvgIpc) is 2.58.